The van der Waals surface area contributed by atoms with Crippen molar-refractivity contribution in [2.45, 2.75) is 6.54 Å². The first kappa shape index (κ1) is 15.5. The number of benzene rings is 1. The number of aromatic nitrogens is 1. The van der Waals surface area contributed by atoms with Gasteiger partial charge in [0, 0.05) is 6.54 Å². The largest absolute Gasteiger partial charge is 0.493 e. The van der Waals surface area contributed by atoms with Gasteiger partial charge in [-0.15, -0.1) is 0 Å². The van der Waals surface area contributed by atoms with Crippen molar-refractivity contribution in [1.82, 2.24) is 4.98 Å². The van der Waals surface area contributed by atoms with E-state index in [0.717, 1.165) is 5.56 Å². The molecule has 2 rings (SSSR count). The average molecular weight is 328 g/mol. The monoisotopic (exact) mass is 327 g/mol. The first-order valence-electron chi connectivity index (χ1n) is 6.11. The fourth-order valence-electron chi connectivity index (χ4n) is 1.78. The van der Waals surface area contributed by atoms with Gasteiger partial charge in [-0.1, -0.05) is 29.3 Å². The molecule has 0 amide bonds. The van der Waals surface area contributed by atoms with Crippen LogP contribution in [-0.2, 0) is 6.54 Å². The summed E-state index contributed by atoms with van der Waals surface area (Å²) in [7, 11) is 3.18. The molecule has 1 aromatic carbocycles. The van der Waals surface area contributed by atoms with Gasteiger partial charge in [-0.3, -0.25) is 0 Å². The summed E-state index contributed by atoms with van der Waals surface area (Å²) in [6.07, 6.45) is 0. The molecule has 7 heteroatoms. The van der Waals surface area contributed by atoms with Crippen molar-refractivity contribution in [2.75, 3.05) is 25.3 Å². The molecule has 0 radical (unpaired) electrons. The lowest BCUT2D eigenvalue weighted by Gasteiger charge is -2.12. The molecule has 112 valence electrons. The van der Waals surface area contributed by atoms with Crippen LogP contribution < -0.4 is 20.5 Å². The van der Waals surface area contributed by atoms with Gasteiger partial charge in [0.25, 0.3) is 0 Å². The molecular weight excluding hydrogens is 313 g/mol. The number of nitrogens with two attached hydrogens (primary N) is 1. The van der Waals surface area contributed by atoms with E-state index in [1.807, 2.05) is 18.2 Å². The minimum absolute atomic E-state index is 0.232. The number of nitrogen functional groups attached to an aromatic ring is 1. The SMILES string of the molecule is COc1ccc(CNc2nc(N)c(Cl)cc2Cl)cc1OC. The van der Waals surface area contributed by atoms with Gasteiger partial charge in [0.15, 0.2) is 11.5 Å². The Labute approximate surface area is 133 Å². The van der Waals surface area contributed by atoms with Crippen LogP contribution in [0.5, 0.6) is 11.5 Å². The standard InChI is InChI=1S/C14H15Cl2N3O2/c1-20-11-4-3-8(5-12(11)21-2)7-18-14-10(16)6-9(15)13(17)19-14/h3-6H,7H2,1-2H3,(H3,17,18,19). The van der Waals surface area contributed by atoms with Crippen LogP contribution >= 0.6 is 23.2 Å². The molecule has 3 N–H and O–H groups in total. The van der Waals surface area contributed by atoms with Crippen molar-refractivity contribution in [1.29, 1.82) is 0 Å². The van der Waals surface area contributed by atoms with Crippen LogP contribution in [0.1, 0.15) is 5.56 Å². The summed E-state index contributed by atoms with van der Waals surface area (Å²) in [6, 6.07) is 7.18. The Morgan fingerprint density at radius 2 is 1.81 bits per heavy atom. The third kappa shape index (κ3) is 3.62. The van der Waals surface area contributed by atoms with E-state index in [2.05, 4.69) is 10.3 Å². The normalized spacial score (nSPS) is 10.3. The second kappa shape index (κ2) is 6.74. The topological polar surface area (TPSA) is 69.4 Å². The highest BCUT2D eigenvalue weighted by atomic mass is 35.5. The van der Waals surface area contributed by atoms with Gasteiger partial charge in [0.2, 0.25) is 0 Å². The minimum Gasteiger partial charge on any atom is -0.493 e. The Kier molecular flexibility index (Phi) is 4.98. The van der Waals surface area contributed by atoms with Crippen LogP contribution in [0.15, 0.2) is 24.3 Å². The van der Waals surface area contributed by atoms with Gasteiger partial charge in [-0.25, -0.2) is 4.98 Å². The lowest BCUT2D eigenvalue weighted by Crippen LogP contribution is -2.04. The first-order chi connectivity index (χ1) is 10.0. The number of halogens is 2. The highest BCUT2D eigenvalue weighted by molar-refractivity contribution is 6.37. The first-order valence-corrected chi connectivity index (χ1v) is 6.87. The number of rotatable bonds is 5. The number of nitrogens with one attached hydrogen (secondary N) is 1. The quantitative estimate of drug-likeness (QED) is 0.878. The van der Waals surface area contributed by atoms with Crippen molar-refractivity contribution in [2.24, 2.45) is 0 Å². The van der Waals surface area contributed by atoms with Gasteiger partial charge in [-0.05, 0) is 23.8 Å². The maximum Gasteiger partial charge on any atom is 0.161 e. The second-order valence-corrected chi connectivity index (χ2v) is 5.04. The highest BCUT2D eigenvalue weighted by Crippen LogP contribution is 2.30. The molecule has 0 aliphatic carbocycles. The Hall–Kier alpha value is -1.85. The van der Waals surface area contributed by atoms with Crippen LogP contribution in [0.4, 0.5) is 11.6 Å². The summed E-state index contributed by atoms with van der Waals surface area (Å²) < 4.78 is 10.4. The van der Waals surface area contributed by atoms with E-state index < -0.39 is 0 Å². The van der Waals surface area contributed by atoms with Crippen molar-refractivity contribution >= 4 is 34.8 Å². The van der Waals surface area contributed by atoms with Crippen LogP contribution in [-0.4, -0.2) is 19.2 Å². The zero-order valence-electron chi connectivity index (χ0n) is 11.6. The van der Waals surface area contributed by atoms with Crippen LogP contribution in [0.3, 0.4) is 0 Å². The molecule has 0 fully saturated rings. The number of methoxy groups -OCH3 is 2. The third-order valence-electron chi connectivity index (χ3n) is 2.86. The Morgan fingerprint density at radius 1 is 1.10 bits per heavy atom. The smallest absolute Gasteiger partial charge is 0.161 e. The zero-order chi connectivity index (χ0) is 15.4. The number of hydrogen-bond donors (Lipinski definition) is 2. The van der Waals surface area contributed by atoms with Gasteiger partial charge < -0.3 is 20.5 Å². The molecule has 2 aromatic rings. The predicted molar refractivity (Wildman–Crippen MR) is 85.5 cm³/mol. The molecule has 1 aromatic heterocycles. The van der Waals surface area contributed by atoms with Gasteiger partial charge in [-0.2, -0.15) is 0 Å². The van der Waals surface area contributed by atoms with Crippen LogP contribution in [0.2, 0.25) is 10.0 Å². The lowest BCUT2D eigenvalue weighted by atomic mass is 10.2. The summed E-state index contributed by atoms with van der Waals surface area (Å²) in [5.41, 5.74) is 6.65. The molecular formula is C14H15Cl2N3O2. The van der Waals surface area contributed by atoms with Gasteiger partial charge in [0.1, 0.15) is 11.6 Å². The molecule has 21 heavy (non-hydrogen) atoms. The fraction of sp³-hybridized carbons (Fsp3) is 0.214. The van der Waals surface area contributed by atoms with Crippen molar-refractivity contribution in [3.63, 3.8) is 0 Å². The molecule has 1 heterocycles. The zero-order valence-corrected chi connectivity index (χ0v) is 13.1. The minimum atomic E-state index is 0.232. The number of anilines is 2. The van der Waals surface area contributed by atoms with Gasteiger partial charge in [0.05, 0.1) is 24.3 Å². The molecule has 0 spiro atoms. The van der Waals surface area contributed by atoms with E-state index in [-0.39, 0.29) is 5.82 Å². The third-order valence-corrected chi connectivity index (χ3v) is 3.46. The maximum atomic E-state index is 6.06. The van der Waals surface area contributed by atoms with E-state index in [1.54, 1.807) is 20.3 Å². The predicted octanol–water partition coefficient (Wildman–Crippen LogP) is 3.60. The summed E-state index contributed by atoms with van der Waals surface area (Å²) in [5, 5.41) is 3.85. The Morgan fingerprint density at radius 3 is 2.48 bits per heavy atom. The number of nitrogens with zero attached hydrogens (tertiary/aromatic N) is 1. The van der Waals surface area contributed by atoms with E-state index in [4.69, 9.17) is 38.4 Å². The maximum absolute atomic E-state index is 6.06. The summed E-state index contributed by atoms with van der Waals surface area (Å²) in [4.78, 5) is 4.11. The molecule has 0 aliphatic heterocycles. The van der Waals surface area contributed by atoms with Crippen LogP contribution in [0.25, 0.3) is 0 Å². The number of ether oxygens (including phenoxy) is 2. The average Bonchev–Trinajstić information content (AvgIpc) is 2.49. The van der Waals surface area contributed by atoms with E-state index in [0.29, 0.717) is 33.9 Å². The summed E-state index contributed by atoms with van der Waals surface area (Å²) in [6.45, 7) is 0.508. The lowest BCUT2D eigenvalue weighted by molar-refractivity contribution is 0.354. The van der Waals surface area contributed by atoms with E-state index >= 15 is 0 Å². The molecule has 0 saturated heterocycles. The summed E-state index contributed by atoms with van der Waals surface area (Å²) >= 11 is 11.9. The fourth-order valence-corrected chi connectivity index (χ4v) is 2.21. The van der Waals surface area contributed by atoms with Crippen molar-refractivity contribution in [3.05, 3.63) is 39.9 Å². The second-order valence-electron chi connectivity index (χ2n) is 4.23. The molecule has 0 unspecified atom stereocenters. The van der Waals surface area contributed by atoms with E-state index in [1.165, 1.54) is 0 Å². The van der Waals surface area contributed by atoms with Crippen molar-refractivity contribution < 1.29 is 9.47 Å². The van der Waals surface area contributed by atoms with E-state index in [9.17, 15) is 0 Å². The molecule has 0 atom stereocenters. The molecule has 5 nitrogen and oxygen atoms in total. The molecule has 0 bridgehead atoms. The van der Waals surface area contributed by atoms with Crippen molar-refractivity contribution in [3.8, 4) is 11.5 Å². The van der Waals surface area contributed by atoms with Gasteiger partial charge >= 0.3 is 0 Å². The molecule has 0 aliphatic rings. The number of hydrogen-bond acceptors (Lipinski definition) is 5. The Bertz CT molecular complexity index is 650. The Balaban J connectivity index is 2.15. The molecule has 0 saturated carbocycles. The number of pyridine rings is 1. The highest BCUT2D eigenvalue weighted by Gasteiger charge is 2.08. The summed E-state index contributed by atoms with van der Waals surface area (Å²) in [5.74, 6) is 2.05. The van der Waals surface area contributed by atoms with Crippen LogP contribution in [0, 0.1) is 0 Å².